The number of nitrogens with zero attached hydrogens (tertiary/aromatic N) is 1. The van der Waals surface area contributed by atoms with Gasteiger partial charge in [0.05, 0.1) is 13.2 Å². The maximum Gasteiger partial charge on any atom is 0.241 e. The van der Waals surface area contributed by atoms with Crippen LogP contribution in [0.1, 0.15) is 43.5 Å². The number of aryl methyl sites for hydroxylation is 1. The molecule has 2 aliphatic rings. The zero-order valence-electron chi connectivity index (χ0n) is 12.3. The number of methoxy groups -OCH3 is 1. The molecule has 0 aromatic heterocycles. The number of nitrogens with one attached hydrogen (secondary N) is 1. The molecule has 4 nitrogen and oxygen atoms in total. The SMILES string of the molecule is COc1ccc(C2NC(C)C(=O)N2C2CCC2)cc1C. The third-order valence-corrected chi connectivity index (χ3v) is 4.51. The van der Waals surface area contributed by atoms with E-state index < -0.39 is 0 Å². The Morgan fingerprint density at radius 1 is 1.35 bits per heavy atom. The van der Waals surface area contributed by atoms with Crippen molar-refractivity contribution in [2.45, 2.75) is 51.4 Å². The maximum atomic E-state index is 12.4. The molecule has 1 heterocycles. The highest BCUT2D eigenvalue weighted by atomic mass is 16.5. The van der Waals surface area contributed by atoms with Crippen molar-refractivity contribution in [3.8, 4) is 5.75 Å². The lowest BCUT2D eigenvalue weighted by Crippen LogP contribution is -2.43. The summed E-state index contributed by atoms with van der Waals surface area (Å²) in [7, 11) is 1.68. The fourth-order valence-electron chi connectivity index (χ4n) is 3.12. The van der Waals surface area contributed by atoms with Crippen molar-refractivity contribution in [3.63, 3.8) is 0 Å². The molecule has 1 saturated carbocycles. The predicted molar refractivity (Wildman–Crippen MR) is 77.6 cm³/mol. The van der Waals surface area contributed by atoms with E-state index in [0.717, 1.165) is 29.7 Å². The van der Waals surface area contributed by atoms with Gasteiger partial charge in [0.1, 0.15) is 11.9 Å². The molecule has 4 heteroatoms. The molecule has 1 amide bonds. The lowest BCUT2D eigenvalue weighted by Gasteiger charge is -2.38. The topological polar surface area (TPSA) is 41.6 Å². The Hall–Kier alpha value is -1.55. The summed E-state index contributed by atoms with van der Waals surface area (Å²) in [4.78, 5) is 14.4. The molecule has 108 valence electrons. The molecule has 0 spiro atoms. The fourth-order valence-corrected chi connectivity index (χ4v) is 3.12. The number of benzene rings is 1. The average Bonchev–Trinajstić information content (AvgIpc) is 2.65. The van der Waals surface area contributed by atoms with Gasteiger partial charge in [-0.05, 0) is 56.4 Å². The molecule has 1 saturated heterocycles. The van der Waals surface area contributed by atoms with Crippen LogP contribution in [-0.4, -0.2) is 30.0 Å². The lowest BCUT2D eigenvalue weighted by molar-refractivity contribution is -0.133. The van der Waals surface area contributed by atoms with Crippen LogP contribution in [0.4, 0.5) is 0 Å². The van der Waals surface area contributed by atoms with E-state index in [0.29, 0.717) is 6.04 Å². The van der Waals surface area contributed by atoms with Crippen molar-refractivity contribution in [2.24, 2.45) is 0 Å². The van der Waals surface area contributed by atoms with E-state index in [4.69, 9.17) is 4.74 Å². The van der Waals surface area contributed by atoms with Crippen LogP contribution in [0.15, 0.2) is 18.2 Å². The van der Waals surface area contributed by atoms with Gasteiger partial charge in [0.25, 0.3) is 0 Å². The summed E-state index contributed by atoms with van der Waals surface area (Å²) < 4.78 is 5.31. The van der Waals surface area contributed by atoms with Gasteiger partial charge in [0, 0.05) is 6.04 Å². The van der Waals surface area contributed by atoms with Gasteiger partial charge in [-0.3, -0.25) is 10.1 Å². The van der Waals surface area contributed by atoms with Crippen molar-refractivity contribution in [1.29, 1.82) is 0 Å². The molecule has 2 atom stereocenters. The van der Waals surface area contributed by atoms with Crippen LogP contribution in [0.5, 0.6) is 5.75 Å². The Morgan fingerprint density at radius 3 is 2.65 bits per heavy atom. The lowest BCUT2D eigenvalue weighted by atomic mass is 9.90. The average molecular weight is 274 g/mol. The van der Waals surface area contributed by atoms with Crippen LogP contribution in [-0.2, 0) is 4.79 Å². The van der Waals surface area contributed by atoms with Gasteiger partial charge in [-0.15, -0.1) is 0 Å². The van der Waals surface area contributed by atoms with Crippen molar-refractivity contribution in [3.05, 3.63) is 29.3 Å². The largest absolute Gasteiger partial charge is 0.496 e. The van der Waals surface area contributed by atoms with Crippen molar-refractivity contribution in [2.75, 3.05) is 7.11 Å². The summed E-state index contributed by atoms with van der Waals surface area (Å²) in [5.41, 5.74) is 2.25. The minimum atomic E-state index is -0.0944. The smallest absolute Gasteiger partial charge is 0.241 e. The third-order valence-electron chi connectivity index (χ3n) is 4.51. The summed E-state index contributed by atoms with van der Waals surface area (Å²) >= 11 is 0. The Bertz CT molecular complexity index is 525. The molecule has 1 aliphatic carbocycles. The molecule has 0 radical (unpaired) electrons. The number of hydrogen-bond donors (Lipinski definition) is 1. The van der Waals surface area contributed by atoms with Gasteiger partial charge in [0.15, 0.2) is 0 Å². The van der Waals surface area contributed by atoms with Crippen LogP contribution in [0.2, 0.25) is 0 Å². The summed E-state index contributed by atoms with van der Waals surface area (Å²) in [5.74, 6) is 1.12. The van der Waals surface area contributed by atoms with Gasteiger partial charge in [-0.2, -0.15) is 0 Å². The molecule has 20 heavy (non-hydrogen) atoms. The zero-order chi connectivity index (χ0) is 14.3. The molecule has 1 aliphatic heterocycles. The highest BCUT2D eigenvalue weighted by molar-refractivity contribution is 5.84. The van der Waals surface area contributed by atoms with E-state index in [-0.39, 0.29) is 18.1 Å². The van der Waals surface area contributed by atoms with E-state index in [2.05, 4.69) is 22.3 Å². The summed E-state index contributed by atoms with van der Waals surface area (Å²) in [6.45, 7) is 3.99. The number of ether oxygens (including phenoxy) is 1. The van der Waals surface area contributed by atoms with Crippen LogP contribution >= 0.6 is 0 Å². The van der Waals surface area contributed by atoms with Crippen molar-refractivity contribution >= 4 is 5.91 Å². The number of carbonyl (C=O) groups is 1. The van der Waals surface area contributed by atoms with Crippen LogP contribution in [0.25, 0.3) is 0 Å². The normalized spacial score (nSPS) is 26.8. The highest BCUT2D eigenvalue weighted by Gasteiger charge is 2.42. The second-order valence-corrected chi connectivity index (χ2v) is 5.85. The Morgan fingerprint density at radius 2 is 2.10 bits per heavy atom. The molecule has 1 aromatic rings. The quantitative estimate of drug-likeness (QED) is 0.920. The van der Waals surface area contributed by atoms with Crippen molar-refractivity contribution in [1.82, 2.24) is 10.2 Å². The molecule has 1 N–H and O–H groups in total. The van der Waals surface area contributed by atoms with Crippen LogP contribution in [0.3, 0.4) is 0 Å². The molecule has 2 unspecified atom stereocenters. The summed E-state index contributed by atoms with van der Waals surface area (Å²) in [6, 6.07) is 6.47. The van der Waals surface area contributed by atoms with E-state index >= 15 is 0 Å². The van der Waals surface area contributed by atoms with Gasteiger partial charge < -0.3 is 9.64 Å². The second kappa shape index (κ2) is 5.09. The van der Waals surface area contributed by atoms with Crippen molar-refractivity contribution < 1.29 is 9.53 Å². The minimum absolute atomic E-state index is 0.00686. The first-order chi connectivity index (χ1) is 9.61. The Labute approximate surface area is 120 Å². The van der Waals surface area contributed by atoms with E-state index in [9.17, 15) is 4.79 Å². The summed E-state index contributed by atoms with van der Waals surface area (Å²) in [5, 5.41) is 3.42. The molecule has 0 bridgehead atoms. The predicted octanol–water partition coefficient (Wildman–Crippen LogP) is 2.38. The van der Waals surface area contributed by atoms with E-state index in [1.54, 1.807) is 7.11 Å². The Balaban J connectivity index is 1.91. The van der Waals surface area contributed by atoms with Gasteiger partial charge in [-0.1, -0.05) is 6.07 Å². The first-order valence-electron chi connectivity index (χ1n) is 7.34. The standard InChI is InChI=1S/C16H22N2O2/c1-10-9-12(7-8-14(10)20-3)15-17-11(2)16(19)18(15)13-5-4-6-13/h7-9,11,13,15,17H,4-6H2,1-3H3. The van der Waals surface area contributed by atoms with Crippen LogP contribution in [0, 0.1) is 6.92 Å². The molecular formula is C16H22N2O2. The number of rotatable bonds is 3. The monoisotopic (exact) mass is 274 g/mol. The molecule has 1 aromatic carbocycles. The number of carbonyl (C=O) groups excluding carboxylic acids is 1. The Kier molecular flexibility index (Phi) is 3.42. The fraction of sp³-hybridized carbons (Fsp3) is 0.562. The number of amides is 1. The van der Waals surface area contributed by atoms with E-state index in [1.165, 1.54) is 6.42 Å². The summed E-state index contributed by atoms with van der Waals surface area (Å²) in [6.07, 6.45) is 3.50. The highest BCUT2D eigenvalue weighted by Crippen LogP contribution is 2.36. The van der Waals surface area contributed by atoms with Crippen LogP contribution < -0.4 is 10.1 Å². The minimum Gasteiger partial charge on any atom is -0.496 e. The molecule has 2 fully saturated rings. The van der Waals surface area contributed by atoms with Gasteiger partial charge >= 0.3 is 0 Å². The zero-order valence-corrected chi connectivity index (χ0v) is 12.3. The first-order valence-corrected chi connectivity index (χ1v) is 7.34. The maximum absolute atomic E-state index is 12.4. The molecular weight excluding hydrogens is 252 g/mol. The van der Waals surface area contributed by atoms with Gasteiger partial charge in [-0.25, -0.2) is 0 Å². The third kappa shape index (κ3) is 2.08. The van der Waals surface area contributed by atoms with E-state index in [1.807, 2.05) is 19.9 Å². The second-order valence-electron chi connectivity index (χ2n) is 5.85. The number of hydrogen-bond acceptors (Lipinski definition) is 3. The molecule has 3 rings (SSSR count). The first kappa shape index (κ1) is 13.4. The van der Waals surface area contributed by atoms with Gasteiger partial charge in [0.2, 0.25) is 5.91 Å².